The van der Waals surface area contributed by atoms with E-state index < -0.39 is 0 Å². The Hall–Kier alpha value is -0.0600. The van der Waals surface area contributed by atoms with E-state index in [0.29, 0.717) is 9.90 Å². The van der Waals surface area contributed by atoms with E-state index in [9.17, 15) is 4.79 Å². The molecule has 2 nitrogen and oxygen atoms in total. The van der Waals surface area contributed by atoms with Gasteiger partial charge < -0.3 is 5.32 Å². The van der Waals surface area contributed by atoms with Crippen molar-refractivity contribution in [3.05, 3.63) is 21.3 Å². The Balaban J connectivity index is 2.55. The summed E-state index contributed by atoms with van der Waals surface area (Å²) in [6, 6.07) is 1.90. The van der Waals surface area contributed by atoms with Gasteiger partial charge in [0.2, 0.25) is 0 Å². The molecule has 1 rings (SSSR count). The Morgan fingerprint density at radius 3 is 3.00 bits per heavy atom. The Labute approximate surface area is 101 Å². The summed E-state index contributed by atoms with van der Waals surface area (Å²) < 4.78 is 0. The lowest BCUT2D eigenvalue weighted by Gasteiger charge is -2.11. The van der Waals surface area contributed by atoms with Crippen molar-refractivity contribution in [3.63, 3.8) is 0 Å². The molecule has 0 saturated carbocycles. The van der Waals surface area contributed by atoms with Crippen LogP contribution < -0.4 is 5.32 Å². The average Bonchev–Trinajstić information content (AvgIpc) is 2.51. The first-order valence-corrected chi connectivity index (χ1v) is 6.63. The Morgan fingerprint density at radius 1 is 1.79 bits per heavy atom. The highest BCUT2D eigenvalue weighted by Gasteiger charge is 2.13. The van der Waals surface area contributed by atoms with E-state index in [0.717, 1.165) is 11.8 Å². The Bertz CT molecular complexity index is 316. The lowest BCUT2D eigenvalue weighted by atomic mass is 10.2. The van der Waals surface area contributed by atoms with Crippen molar-refractivity contribution in [1.82, 2.24) is 5.32 Å². The van der Waals surface area contributed by atoms with Crippen LogP contribution in [0.4, 0.5) is 0 Å². The van der Waals surface area contributed by atoms with Crippen molar-refractivity contribution >= 4 is 44.8 Å². The Morgan fingerprint density at radius 2 is 2.50 bits per heavy atom. The van der Waals surface area contributed by atoms with Gasteiger partial charge >= 0.3 is 0 Å². The molecular formula is C9H11BrClNOS. The molecule has 0 radical (unpaired) electrons. The molecule has 1 aromatic rings. The van der Waals surface area contributed by atoms with E-state index in [-0.39, 0.29) is 11.9 Å². The molecule has 14 heavy (non-hydrogen) atoms. The molecule has 1 amide bonds. The third-order valence-corrected chi connectivity index (χ3v) is 3.54. The van der Waals surface area contributed by atoms with E-state index in [1.807, 2.05) is 12.3 Å². The lowest BCUT2D eigenvalue weighted by Crippen LogP contribution is -2.32. The molecule has 0 aromatic carbocycles. The average molecular weight is 297 g/mol. The maximum absolute atomic E-state index is 11.6. The summed E-state index contributed by atoms with van der Waals surface area (Å²) in [4.78, 5) is 12.2. The van der Waals surface area contributed by atoms with Gasteiger partial charge in [0, 0.05) is 11.4 Å². The molecule has 0 aliphatic heterocycles. The fraction of sp³-hybridized carbons (Fsp3) is 0.444. The highest BCUT2D eigenvalue weighted by atomic mass is 79.9. The minimum absolute atomic E-state index is 0.0848. The highest BCUT2D eigenvalue weighted by molar-refractivity contribution is 9.09. The molecule has 1 N–H and O–H groups in total. The number of alkyl halides is 1. The fourth-order valence-electron chi connectivity index (χ4n) is 0.981. The van der Waals surface area contributed by atoms with Gasteiger partial charge in [-0.15, -0.1) is 11.3 Å². The van der Waals surface area contributed by atoms with Crippen molar-refractivity contribution in [2.45, 2.75) is 19.4 Å². The smallest absolute Gasteiger partial charge is 0.263 e. The number of halogens is 2. The molecule has 0 spiro atoms. The number of hydrogen-bond acceptors (Lipinski definition) is 2. The molecule has 1 atom stereocenters. The van der Waals surface area contributed by atoms with Crippen LogP contribution in [0.3, 0.4) is 0 Å². The maximum Gasteiger partial charge on any atom is 0.263 e. The van der Waals surface area contributed by atoms with Gasteiger partial charge in [0.15, 0.2) is 0 Å². The van der Waals surface area contributed by atoms with Crippen molar-refractivity contribution in [1.29, 1.82) is 0 Å². The minimum atomic E-state index is -0.0848. The van der Waals surface area contributed by atoms with Gasteiger partial charge in [-0.3, -0.25) is 4.79 Å². The summed E-state index contributed by atoms with van der Waals surface area (Å²) in [6.45, 7) is 1.97. The van der Waals surface area contributed by atoms with Crippen molar-refractivity contribution in [2.75, 3.05) is 5.33 Å². The molecule has 5 heteroatoms. The van der Waals surface area contributed by atoms with Gasteiger partial charge in [-0.2, -0.15) is 0 Å². The second kappa shape index (κ2) is 5.73. The van der Waals surface area contributed by atoms with Crippen LogP contribution in [-0.4, -0.2) is 17.3 Å². The van der Waals surface area contributed by atoms with E-state index in [1.54, 1.807) is 6.07 Å². The van der Waals surface area contributed by atoms with Gasteiger partial charge in [-0.05, 0) is 24.8 Å². The topological polar surface area (TPSA) is 29.1 Å². The van der Waals surface area contributed by atoms with Gasteiger partial charge in [0.1, 0.15) is 4.88 Å². The predicted octanol–water partition coefficient (Wildman–Crippen LogP) is 3.30. The predicted molar refractivity (Wildman–Crippen MR) is 64.7 cm³/mol. The van der Waals surface area contributed by atoms with Crippen LogP contribution in [0.25, 0.3) is 0 Å². The van der Waals surface area contributed by atoms with E-state index in [4.69, 9.17) is 11.6 Å². The molecule has 1 heterocycles. The van der Waals surface area contributed by atoms with Gasteiger partial charge in [0.05, 0.1) is 5.02 Å². The van der Waals surface area contributed by atoms with Gasteiger partial charge in [-0.25, -0.2) is 0 Å². The second-order valence-corrected chi connectivity index (χ2v) is 5.07. The number of thiophene rings is 1. The molecule has 0 bridgehead atoms. The summed E-state index contributed by atoms with van der Waals surface area (Å²) in [5.74, 6) is -0.0848. The maximum atomic E-state index is 11.6. The number of carbonyl (C=O) groups excluding carboxylic acids is 1. The molecule has 1 unspecified atom stereocenters. The zero-order chi connectivity index (χ0) is 10.6. The van der Waals surface area contributed by atoms with Crippen LogP contribution in [0.15, 0.2) is 11.4 Å². The molecule has 1 aromatic heterocycles. The summed E-state index contributed by atoms with van der Waals surface area (Å²) in [5, 5.41) is 6.10. The standard InChI is InChI=1S/C9H11BrClNOS/c1-6(2-4-10)12-9(13)8-7(11)3-5-14-8/h3,5-6H,2,4H2,1H3,(H,12,13). The number of amides is 1. The monoisotopic (exact) mass is 295 g/mol. The highest BCUT2D eigenvalue weighted by Crippen LogP contribution is 2.21. The number of hydrogen-bond donors (Lipinski definition) is 1. The van der Waals surface area contributed by atoms with Crippen LogP contribution in [0, 0.1) is 0 Å². The van der Waals surface area contributed by atoms with Crippen LogP contribution in [0.2, 0.25) is 5.02 Å². The van der Waals surface area contributed by atoms with Crippen molar-refractivity contribution in [3.8, 4) is 0 Å². The molecule has 0 aliphatic rings. The fourth-order valence-corrected chi connectivity index (χ4v) is 2.71. The van der Waals surface area contributed by atoms with Crippen LogP contribution in [-0.2, 0) is 0 Å². The first-order chi connectivity index (χ1) is 6.65. The van der Waals surface area contributed by atoms with Crippen molar-refractivity contribution in [2.24, 2.45) is 0 Å². The number of rotatable bonds is 4. The summed E-state index contributed by atoms with van der Waals surface area (Å²) in [6.07, 6.45) is 0.911. The first-order valence-electron chi connectivity index (χ1n) is 4.25. The lowest BCUT2D eigenvalue weighted by molar-refractivity contribution is 0.0944. The first kappa shape index (κ1) is 12.0. The van der Waals surface area contributed by atoms with Crippen molar-refractivity contribution < 1.29 is 4.79 Å². The van der Waals surface area contributed by atoms with Gasteiger partial charge in [0.25, 0.3) is 5.91 Å². The molecule has 0 fully saturated rings. The molecule has 0 aliphatic carbocycles. The second-order valence-electron chi connectivity index (χ2n) is 2.95. The normalized spacial score (nSPS) is 12.5. The summed E-state index contributed by atoms with van der Waals surface area (Å²) in [7, 11) is 0. The third kappa shape index (κ3) is 3.26. The zero-order valence-corrected chi connectivity index (χ0v) is 10.9. The molecule has 0 saturated heterocycles. The van der Waals surface area contributed by atoms with Crippen LogP contribution in [0.1, 0.15) is 23.0 Å². The Kier molecular flexibility index (Phi) is 4.92. The zero-order valence-electron chi connectivity index (χ0n) is 7.72. The van der Waals surface area contributed by atoms with Crippen LogP contribution >= 0.6 is 38.9 Å². The summed E-state index contributed by atoms with van der Waals surface area (Å²) in [5.41, 5.74) is 0. The van der Waals surface area contributed by atoms with E-state index >= 15 is 0 Å². The minimum Gasteiger partial charge on any atom is -0.349 e. The number of nitrogens with one attached hydrogen (secondary N) is 1. The van der Waals surface area contributed by atoms with Crippen LogP contribution in [0.5, 0.6) is 0 Å². The largest absolute Gasteiger partial charge is 0.349 e. The van der Waals surface area contributed by atoms with Gasteiger partial charge in [-0.1, -0.05) is 27.5 Å². The molecular weight excluding hydrogens is 286 g/mol. The molecule has 78 valence electrons. The third-order valence-electron chi connectivity index (χ3n) is 1.74. The quantitative estimate of drug-likeness (QED) is 0.849. The SMILES string of the molecule is CC(CCBr)NC(=O)c1sccc1Cl. The summed E-state index contributed by atoms with van der Waals surface area (Å²) >= 11 is 10.5. The van der Waals surface area contributed by atoms with E-state index in [1.165, 1.54) is 11.3 Å². The number of carbonyl (C=O) groups is 1. The van der Waals surface area contributed by atoms with E-state index in [2.05, 4.69) is 21.2 Å².